The van der Waals surface area contributed by atoms with Crippen molar-refractivity contribution in [3.8, 4) is 11.5 Å². The number of fused-ring (bicyclic) bond motifs is 1. The highest BCUT2D eigenvalue weighted by molar-refractivity contribution is 7.90. The van der Waals surface area contributed by atoms with Gasteiger partial charge in [0.25, 0.3) is 10.0 Å². The van der Waals surface area contributed by atoms with Gasteiger partial charge in [-0.1, -0.05) is 48.0 Å². The lowest BCUT2D eigenvalue weighted by atomic mass is 10.0. The van der Waals surface area contributed by atoms with Gasteiger partial charge in [-0.25, -0.2) is 17.9 Å². The summed E-state index contributed by atoms with van der Waals surface area (Å²) in [6.45, 7) is 3.68. The Hall–Kier alpha value is -4.05. The molecule has 0 aliphatic carbocycles. The molecule has 3 amide bonds. The Labute approximate surface area is 210 Å². The topological polar surface area (TPSA) is 114 Å². The van der Waals surface area contributed by atoms with Gasteiger partial charge in [0.05, 0.1) is 4.90 Å². The number of rotatable bonds is 7. The van der Waals surface area contributed by atoms with Gasteiger partial charge in [-0.05, 0) is 43.2 Å². The molecule has 1 aliphatic heterocycles. The van der Waals surface area contributed by atoms with Crippen molar-refractivity contribution < 1.29 is 27.5 Å². The van der Waals surface area contributed by atoms with E-state index in [1.165, 1.54) is 11.0 Å². The van der Waals surface area contributed by atoms with Crippen LogP contribution in [0, 0.1) is 13.8 Å². The smallest absolute Gasteiger partial charge is 0.329 e. The molecule has 36 heavy (non-hydrogen) atoms. The van der Waals surface area contributed by atoms with E-state index in [2.05, 4.69) is 5.32 Å². The summed E-state index contributed by atoms with van der Waals surface area (Å²) >= 11 is 0. The molecule has 1 atom stereocenters. The number of amides is 3. The third kappa shape index (κ3) is 5.60. The summed E-state index contributed by atoms with van der Waals surface area (Å²) in [6.07, 6.45) is 0.159. The van der Waals surface area contributed by atoms with Gasteiger partial charge in [0, 0.05) is 25.2 Å². The number of ether oxygens (including phenoxy) is 2. The lowest BCUT2D eigenvalue weighted by molar-refractivity contribution is -0.120. The van der Waals surface area contributed by atoms with Crippen LogP contribution >= 0.6 is 0 Å². The van der Waals surface area contributed by atoms with Crippen molar-refractivity contribution in [3.63, 3.8) is 0 Å². The second-order valence-corrected chi connectivity index (χ2v) is 10.2. The molecule has 0 radical (unpaired) electrons. The maximum absolute atomic E-state index is 13.5. The number of aryl methyl sites for hydroxylation is 2. The lowest BCUT2D eigenvalue weighted by Crippen LogP contribution is -2.52. The zero-order valence-electron chi connectivity index (χ0n) is 20.1. The number of likely N-dealkylation sites (N-methyl/N-ethyl adjacent to an activating group) is 1. The summed E-state index contributed by atoms with van der Waals surface area (Å²) in [5.41, 5.74) is 2.88. The van der Waals surface area contributed by atoms with Gasteiger partial charge in [0.1, 0.15) is 6.04 Å². The van der Waals surface area contributed by atoms with E-state index in [1.54, 1.807) is 50.4 Å². The fourth-order valence-corrected chi connectivity index (χ4v) is 5.00. The Morgan fingerprint density at radius 2 is 1.67 bits per heavy atom. The second kappa shape index (κ2) is 10.3. The van der Waals surface area contributed by atoms with Crippen LogP contribution in [0.2, 0.25) is 0 Å². The van der Waals surface area contributed by atoms with Crippen LogP contribution in [0.1, 0.15) is 16.7 Å². The third-order valence-corrected chi connectivity index (χ3v) is 7.34. The highest BCUT2D eigenvalue weighted by Gasteiger charge is 2.28. The fourth-order valence-electron chi connectivity index (χ4n) is 3.84. The number of nitrogens with one attached hydrogen (secondary N) is 2. The number of sulfonamides is 1. The van der Waals surface area contributed by atoms with Gasteiger partial charge in [0.15, 0.2) is 11.5 Å². The minimum atomic E-state index is -4.14. The number of hydrogen-bond donors (Lipinski definition) is 2. The first kappa shape index (κ1) is 25.1. The van der Waals surface area contributed by atoms with Crippen molar-refractivity contribution >= 4 is 27.6 Å². The highest BCUT2D eigenvalue weighted by Crippen LogP contribution is 2.35. The fraction of sp³-hybridized carbons (Fsp3) is 0.231. The van der Waals surface area contributed by atoms with Crippen LogP contribution in [0.3, 0.4) is 0 Å². The highest BCUT2D eigenvalue weighted by atomic mass is 32.2. The van der Waals surface area contributed by atoms with Crippen LogP contribution in [-0.2, 0) is 21.2 Å². The van der Waals surface area contributed by atoms with Crippen LogP contribution in [-0.4, -0.2) is 40.2 Å². The first-order valence-electron chi connectivity index (χ1n) is 11.3. The van der Waals surface area contributed by atoms with Crippen molar-refractivity contribution in [2.45, 2.75) is 31.2 Å². The summed E-state index contributed by atoms with van der Waals surface area (Å²) in [4.78, 5) is 27.7. The molecule has 1 heterocycles. The minimum absolute atomic E-state index is 0.0148. The van der Waals surface area contributed by atoms with Crippen LogP contribution in [0.5, 0.6) is 11.5 Å². The molecule has 0 bridgehead atoms. The molecular weight excluding hydrogens is 482 g/mol. The Kier molecular flexibility index (Phi) is 7.16. The molecule has 9 nitrogen and oxygen atoms in total. The number of anilines is 1. The van der Waals surface area contributed by atoms with E-state index in [9.17, 15) is 18.0 Å². The van der Waals surface area contributed by atoms with E-state index in [0.29, 0.717) is 22.7 Å². The summed E-state index contributed by atoms with van der Waals surface area (Å²) in [5, 5.41) is 2.55. The van der Waals surface area contributed by atoms with Crippen molar-refractivity contribution in [1.29, 1.82) is 0 Å². The molecule has 0 fully saturated rings. The predicted octanol–water partition coefficient (Wildman–Crippen LogP) is 3.29. The summed E-state index contributed by atoms with van der Waals surface area (Å²) in [5.74, 6) is 0.657. The number of carbonyl (C=O) groups excluding carboxylic acids is 2. The Bertz CT molecular complexity index is 1390. The molecule has 1 aliphatic rings. The number of benzene rings is 3. The number of carbonyl (C=O) groups is 2. The lowest BCUT2D eigenvalue weighted by Gasteiger charge is -2.25. The minimum Gasteiger partial charge on any atom is -0.454 e. The number of nitrogens with zero attached hydrogens (tertiary/aromatic N) is 1. The van der Waals surface area contributed by atoms with Crippen LogP contribution in [0.15, 0.2) is 71.6 Å². The zero-order chi connectivity index (χ0) is 25.9. The van der Waals surface area contributed by atoms with E-state index in [0.717, 1.165) is 11.1 Å². The van der Waals surface area contributed by atoms with Crippen molar-refractivity contribution in [3.05, 3.63) is 83.4 Å². The average molecular weight is 510 g/mol. The Morgan fingerprint density at radius 1 is 0.972 bits per heavy atom. The Morgan fingerprint density at radius 3 is 2.39 bits per heavy atom. The standard InChI is InChI=1S/C26H27N3O6S/c1-17-8-10-19(11-9-17)14-21(25(30)29(3)20-12-13-22-23(15-20)35-16-34-22)27-26(31)28-36(32,33)24-7-5-4-6-18(24)2/h4-13,15,21H,14,16H2,1-3H3,(H2,27,28,31)/t21-/m0/s1. The van der Waals surface area contributed by atoms with Crippen molar-refractivity contribution in [1.82, 2.24) is 10.0 Å². The third-order valence-electron chi connectivity index (χ3n) is 5.85. The normalized spacial score (nSPS) is 13.1. The van der Waals surface area contributed by atoms with E-state index in [4.69, 9.17) is 9.47 Å². The molecule has 0 saturated heterocycles. The molecule has 3 aromatic rings. The first-order chi connectivity index (χ1) is 17.1. The molecule has 0 saturated carbocycles. The van der Waals surface area contributed by atoms with Gasteiger partial charge in [-0.3, -0.25) is 4.79 Å². The molecule has 188 valence electrons. The van der Waals surface area contributed by atoms with E-state index in [-0.39, 0.29) is 18.1 Å². The molecule has 4 rings (SSSR count). The molecule has 0 aromatic heterocycles. The predicted molar refractivity (Wildman–Crippen MR) is 135 cm³/mol. The largest absolute Gasteiger partial charge is 0.454 e. The monoisotopic (exact) mass is 509 g/mol. The number of hydrogen-bond acceptors (Lipinski definition) is 6. The van der Waals surface area contributed by atoms with Crippen molar-refractivity contribution in [2.24, 2.45) is 0 Å². The maximum atomic E-state index is 13.5. The van der Waals surface area contributed by atoms with Crippen LogP contribution in [0.25, 0.3) is 0 Å². The Balaban J connectivity index is 1.56. The summed E-state index contributed by atoms with van der Waals surface area (Å²) in [6, 6.07) is 16.9. The first-order valence-corrected chi connectivity index (χ1v) is 12.7. The SMILES string of the molecule is Cc1ccc(C[C@H](NC(=O)NS(=O)(=O)c2ccccc2C)C(=O)N(C)c2ccc3c(c2)OCO3)cc1. The van der Waals surface area contributed by atoms with Crippen LogP contribution < -0.4 is 24.4 Å². The molecule has 2 N–H and O–H groups in total. The summed E-state index contributed by atoms with van der Waals surface area (Å²) < 4.78 is 38.3. The molecule has 0 spiro atoms. The van der Waals surface area contributed by atoms with Gasteiger partial charge < -0.3 is 19.7 Å². The molecule has 3 aromatic carbocycles. The van der Waals surface area contributed by atoms with Crippen molar-refractivity contribution in [2.75, 3.05) is 18.7 Å². The molecular formula is C26H27N3O6S. The summed E-state index contributed by atoms with van der Waals surface area (Å²) in [7, 11) is -2.56. The second-order valence-electron chi connectivity index (χ2n) is 8.52. The van der Waals surface area contributed by atoms with Gasteiger partial charge >= 0.3 is 6.03 Å². The molecule has 10 heteroatoms. The van der Waals surface area contributed by atoms with E-state index >= 15 is 0 Å². The van der Waals surface area contributed by atoms with E-state index in [1.807, 2.05) is 35.9 Å². The number of urea groups is 1. The quantitative estimate of drug-likeness (QED) is 0.505. The van der Waals surface area contributed by atoms with Gasteiger partial charge in [0.2, 0.25) is 12.7 Å². The van der Waals surface area contributed by atoms with Gasteiger partial charge in [-0.2, -0.15) is 0 Å². The average Bonchev–Trinajstić information content (AvgIpc) is 3.32. The maximum Gasteiger partial charge on any atom is 0.329 e. The molecule has 0 unspecified atom stereocenters. The van der Waals surface area contributed by atoms with Crippen LogP contribution in [0.4, 0.5) is 10.5 Å². The zero-order valence-corrected chi connectivity index (χ0v) is 21.0. The van der Waals surface area contributed by atoms with E-state index < -0.39 is 28.0 Å². The van der Waals surface area contributed by atoms with Gasteiger partial charge in [-0.15, -0.1) is 0 Å².